The standard InChI is InChI=1S/C25H34ClFO4S/c26-23-12-11-17(32-23)16-25(13-6-14-25)22(29)9-5-8-19-18(20(27)15-21(19)28)7-3-1-2-4-10-24(30)31/h1,3,5,8,11-12,18-22,28-29H,2,4,6-7,9-10,13-16H2,(H,30,31)/b3-1-,8-5+/t18-,19-,20?,21-,22?/m1/s1. The van der Waals surface area contributed by atoms with Crippen molar-refractivity contribution in [2.24, 2.45) is 17.3 Å². The molecule has 178 valence electrons. The van der Waals surface area contributed by atoms with Crippen LogP contribution in [0.15, 0.2) is 36.4 Å². The number of aliphatic hydroxyl groups excluding tert-OH is 2. The Morgan fingerprint density at radius 3 is 2.72 bits per heavy atom. The van der Waals surface area contributed by atoms with Crippen molar-refractivity contribution in [1.82, 2.24) is 0 Å². The Labute approximate surface area is 198 Å². The highest BCUT2D eigenvalue weighted by Crippen LogP contribution is 2.48. The van der Waals surface area contributed by atoms with Crippen molar-refractivity contribution in [3.05, 3.63) is 45.7 Å². The number of carbonyl (C=O) groups is 1. The first-order chi connectivity index (χ1) is 15.3. The number of unbranched alkanes of at least 4 members (excludes halogenated alkanes) is 1. The zero-order valence-electron chi connectivity index (χ0n) is 18.3. The molecule has 2 fully saturated rings. The van der Waals surface area contributed by atoms with Crippen LogP contribution in [0.2, 0.25) is 4.34 Å². The van der Waals surface area contributed by atoms with Gasteiger partial charge in [-0.2, -0.15) is 0 Å². The van der Waals surface area contributed by atoms with Crippen molar-refractivity contribution in [3.8, 4) is 0 Å². The maximum absolute atomic E-state index is 14.5. The van der Waals surface area contributed by atoms with E-state index in [1.807, 2.05) is 36.4 Å². The van der Waals surface area contributed by atoms with Crippen LogP contribution in [0.25, 0.3) is 0 Å². The molecule has 0 amide bonds. The Morgan fingerprint density at radius 2 is 2.09 bits per heavy atom. The van der Waals surface area contributed by atoms with E-state index < -0.39 is 24.3 Å². The van der Waals surface area contributed by atoms with Gasteiger partial charge in [-0.25, -0.2) is 4.39 Å². The number of aliphatic carboxylic acids is 1. The molecule has 3 N–H and O–H groups in total. The third kappa shape index (κ3) is 6.66. The van der Waals surface area contributed by atoms with Crippen molar-refractivity contribution in [2.75, 3.05) is 0 Å². The average Bonchev–Trinajstić information content (AvgIpc) is 3.23. The van der Waals surface area contributed by atoms with Gasteiger partial charge in [0, 0.05) is 35.0 Å². The molecule has 1 aromatic heterocycles. The highest BCUT2D eigenvalue weighted by atomic mass is 35.5. The monoisotopic (exact) mass is 484 g/mol. The predicted molar refractivity (Wildman–Crippen MR) is 127 cm³/mol. The Hall–Kier alpha value is -1.21. The van der Waals surface area contributed by atoms with Crippen LogP contribution in [0.4, 0.5) is 4.39 Å². The summed E-state index contributed by atoms with van der Waals surface area (Å²) < 4.78 is 15.3. The minimum absolute atomic E-state index is 0.118. The normalized spacial score (nSPS) is 28.4. The zero-order chi connectivity index (χ0) is 23.1. The lowest BCUT2D eigenvalue weighted by Gasteiger charge is -2.45. The highest BCUT2D eigenvalue weighted by molar-refractivity contribution is 7.16. The second-order valence-corrected chi connectivity index (χ2v) is 11.1. The van der Waals surface area contributed by atoms with Gasteiger partial charge in [-0.1, -0.05) is 42.3 Å². The first kappa shape index (κ1) is 25.4. The number of rotatable bonds is 12. The van der Waals surface area contributed by atoms with Crippen molar-refractivity contribution in [2.45, 2.75) is 82.6 Å². The summed E-state index contributed by atoms with van der Waals surface area (Å²) in [6.45, 7) is 0. The number of aliphatic hydroxyl groups is 2. The van der Waals surface area contributed by atoms with E-state index in [2.05, 4.69) is 0 Å². The van der Waals surface area contributed by atoms with Crippen molar-refractivity contribution in [1.29, 1.82) is 0 Å². The molecule has 32 heavy (non-hydrogen) atoms. The molecule has 3 rings (SSSR count). The first-order valence-electron chi connectivity index (χ1n) is 11.6. The summed E-state index contributed by atoms with van der Waals surface area (Å²) in [5.41, 5.74) is -0.118. The average molecular weight is 485 g/mol. The SMILES string of the molecule is O=C(O)CCC/C=C\C[C@H]1C(F)C[C@@H](O)[C@@H]1/C=C/CC(O)C1(Cc2ccc(Cl)s2)CCC1. The van der Waals surface area contributed by atoms with Crippen LogP contribution in [0.1, 0.15) is 62.7 Å². The van der Waals surface area contributed by atoms with Crippen LogP contribution in [-0.2, 0) is 11.2 Å². The molecule has 0 aliphatic heterocycles. The molecule has 0 saturated heterocycles. The number of allylic oxidation sites excluding steroid dienone is 2. The minimum atomic E-state index is -1.06. The Morgan fingerprint density at radius 1 is 1.31 bits per heavy atom. The van der Waals surface area contributed by atoms with Gasteiger partial charge < -0.3 is 15.3 Å². The lowest BCUT2D eigenvalue weighted by atomic mass is 9.62. The Kier molecular flexibility index (Phi) is 9.35. The molecule has 1 aromatic rings. The van der Waals surface area contributed by atoms with E-state index >= 15 is 0 Å². The number of alkyl halides is 1. The molecule has 0 radical (unpaired) electrons. The summed E-state index contributed by atoms with van der Waals surface area (Å²) in [5.74, 6) is -1.37. The van der Waals surface area contributed by atoms with E-state index in [0.717, 1.165) is 30.0 Å². The summed E-state index contributed by atoms with van der Waals surface area (Å²) in [6.07, 6.45) is 11.8. The third-order valence-corrected chi connectivity index (χ3v) is 8.37. The number of carboxylic acids is 1. The van der Waals surface area contributed by atoms with E-state index in [4.69, 9.17) is 16.7 Å². The molecule has 7 heteroatoms. The van der Waals surface area contributed by atoms with E-state index in [-0.39, 0.29) is 30.1 Å². The van der Waals surface area contributed by atoms with Crippen molar-refractivity contribution >= 4 is 28.9 Å². The van der Waals surface area contributed by atoms with Crippen molar-refractivity contribution < 1.29 is 24.5 Å². The maximum atomic E-state index is 14.5. The molecule has 0 aromatic carbocycles. The first-order valence-corrected chi connectivity index (χ1v) is 12.8. The van der Waals surface area contributed by atoms with Crippen LogP contribution in [0, 0.1) is 17.3 Å². The van der Waals surface area contributed by atoms with Crippen molar-refractivity contribution in [3.63, 3.8) is 0 Å². The quantitative estimate of drug-likeness (QED) is 0.253. The van der Waals surface area contributed by atoms with E-state index in [1.54, 1.807) is 11.3 Å². The zero-order valence-corrected chi connectivity index (χ0v) is 19.9. The molecular weight excluding hydrogens is 451 g/mol. The summed E-state index contributed by atoms with van der Waals surface area (Å²) in [5, 5.41) is 30.0. The molecule has 5 atom stereocenters. The fourth-order valence-electron chi connectivity index (χ4n) is 5.07. The van der Waals surface area contributed by atoms with Gasteiger partial charge in [0.25, 0.3) is 0 Å². The summed E-state index contributed by atoms with van der Waals surface area (Å²) in [7, 11) is 0. The molecule has 2 aliphatic rings. The van der Waals surface area contributed by atoms with Gasteiger partial charge in [-0.05, 0) is 57.1 Å². The maximum Gasteiger partial charge on any atom is 0.303 e. The Bertz CT molecular complexity index is 804. The molecule has 0 spiro atoms. The van der Waals surface area contributed by atoms with Crippen LogP contribution in [0.3, 0.4) is 0 Å². The molecule has 1 heterocycles. The van der Waals surface area contributed by atoms with E-state index in [1.165, 1.54) is 4.88 Å². The van der Waals surface area contributed by atoms with Gasteiger partial charge in [0.05, 0.1) is 16.5 Å². The van der Waals surface area contributed by atoms with Gasteiger partial charge in [0.15, 0.2) is 0 Å². The smallest absolute Gasteiger partial charge is 0.303 e. The number of halogens is 2. The van der Waals surface area contributed by atoms with Crippen LogP contribution >= 0.6 is 22.9 Å². The van der Waals surface area contributed by atoms with Gasteiger partial charge in [-0.15, -0.1) is 11.3 Å². The fraction of sp³-hybridized carbons (Fsp3) is 0.640. The van der Waals surface area contributed by atoms with Crippen LogP contribution < -0.4 is 0 Å². The molecule has 0 bridgehead atoms. The van der Waals surface area contributed by atoms with Gasteiger partial charge in [0.1, 0.15) is 6.17 Å². The number of hydrogen-bond acceptors (Lipinski definition) is 4. The van der Waals surface area contributed by atoms with Gasteiger partial charge >= 0.3 is 5.97 Å². The number of carboxylic acid groups (broad SMARTS) is 1. The van der Waals surface area contributed by atoms with E-state index in [9.17, 15) is 19.4 Å². The Balaban J connectivity index is 1.52. The molecule has 2 aliphatic carbocycles. The summed E-state index contributed by atoms with van der Waals surface area (Å²) in [6, 6.07) is 3.93. The largest absolute Gasteiger partial charge is 0.481 e. The summed E-state index contributed by atoms with van der Waals surface area (Å²) in [4.78, 5) is 11.8. The number of hydrogen-bond donors (Lipinski definition) is 3. The highest BCUT2D eigenvalue weighted by Gasteiger charge is 2.44. The number of thiophene rings is 1. The van der Waals surface area contributed by atoms with Gasteiger partial charge in [-0.3, -0.25) is 4.79 Å². The lowest BCUT2D eigenvalue weighted by Crippen LogP contribution is -2.42. The molecule has 2 saturated carbocycles. The van der Waals surface area contributed by atoms with Crippen LogP contribution in [0.5, 0.6) is 0 Å². The molecule has 4 nitrogen and oxygen atoms in total. The second-order valence-electron chi connectivity index (χ2n) is 9.33. The van der Waals surface area contributed by atoms with E-state index in [0.29, 0.717) is 25.7 Å². The van der Waals surface area contributed by atoms with Gasteiger partial charge in [0.2, 0.25) is 0 Å². The molecular formula is C25H34ClFO4S. The second kappa shape index (κ2) is 11.8. The predicted octanol–water partition coefficient (Wildman–Crippen LogP) is 5.96. The third-order valence-electron chi connectivity index (χ3n) is 7.14. The topological polar surface area (TPSA) is 77.8 Å². The lowest BCUT2D eigenvalue weighted by molar-refractivity contribution is -0.137. The molecule has 2 unspecified atom stereocenters. The van der Waals surface area contributed by atoms with Crippen LogP contribution in [-0.4, -0.2) is 39.7 Å². The summed E-state index contributed by atoms with van der Waals surface area (Å²) >= 11 is 7.63. The fourth-order valence-corrected chi connectivity index (χ4v) is 6.32. The minimum Gasteiger partial charge on any atom is -0.481 e.